The molecule has 3 N–H and O–H groups in total. The van der Waals surface area contributed by atoms with Crippen molar-refractivity contribution in [2.75, 3.05) is 25.5 Å². The van der Waals surface area contributed by atoms with Crippen molar-refractivity contribution in [3.8, 4) is 5.69 Å². The van der Waals surface area contributed by atoms with Crippen LogP contribution in [0.4, 0.5) is 5.95 Å². The second-order valence-corrected chi connectivity index (χ2v) is 10.4. The predicted octanol–water partition coefficient (Wildman–Crippen LogP) is 3.14. The minimum atomic E-state index is -0.404. The van der Waals surface area contributed by atoms with E-state index in [1.165, 1.54) is 0 Å². The van der Waals surface area contributed by atoms with Crippen LogP contribution in [-0.4, -0.2) is 57.8 Å². The van der Waals surface area contributed by atoms with Crippen LogP contribution in [0.5, 0.6) is 0 Å². The molecule has 2 aliphatic rings. The third kappa shape index (κ3) is 4.72. The molecular weight excluding hydrogens is 538 g/mol. The molecule has 5 rings (SSSR count). The number of anilines is 1. The van der Waals surface area contributed by atoms with Gasteiger partial charge >= 0.3 is 0 Å². The fourth-order valence-corrected chi connectivity index (χ4v) is 5.46. The Morgan fingerprint density at radius 1 is 1.37 bits per heavy atom. The van der Waals surface area contributed by atoms with Crippen molar-refractivity contribution in [2.45, 2.75) is 38.3 Å². The van der Waals surface area contributed by atoms with Gasteiger partial charge in [-0.3, -0.25) is 9.59 Å². The summed E-state index contributed by atoms with van der Waals surface area (Å²) in [5.41, 5.74) is 1.74. The highest BCUT2D eigenvalue weighted by atomic mass is 79.9. The van der Waals surface area contributed by atoms with Crippen LogP contribution in [0, 0.1) is 5.41 Å². The number of hydrogen-bond donors (Lipinski definition) is 3. The number of amides is 2. The predicted molar refractivity (Wildman–Crippen MR) is 135 cm³/mol. The summed E-state index contributed by atoms with van der Waals surface area (Å²) in [5.74, 6) is 0.386. The van der Waals surface area contributed by atoms with Crippen LogP contribution in [0.25, 0.3) is 16.7 Å². The van der Waals surface area contributed by atoms with Crippen LogP contribution >= 0.6 is 27.5 Å². The average molecular weight is 563 g/mol. The maximum atomic E-state index is 12.3. The van der Waals surface area contributed by atoms with Crippen LogP contribution in [0.2, 0.25) is 5.02 Å². The zero-order valence-corrected chi connectivity index (χ0v) is 21.6. The van der Waals surface area contributed by atoms with E-state index in [1.807, 2.05) is 19.1 Å². The molecule has 184 valence electrons. The summed E-state index contributed by atoms with van der Waals surface area (Å²) >= 11 is 9.95. The standard InChI is InChI=1S/C23H25BrClN7O3/c1-23(21(34)26-2)4-3-14(8-23)29-22-28-9-16-19(24)31-32(20(16)30-22)15-6-12(5-13(25)7-15)17-10-27-18(33)11-35-17/h5-7,9,14,17H,3-4,8,10-11H2,1-2H3,(H,26,34)(H,27,33)(H,28,29,30)/t14-,17?,23-/m1/s1. The number of nitrogens with zero attached hydrogens (tertiary/aromatic N) is 4. The Kier molecular flexibility index (Phi) is 6.41. The summed E-state index contributed by atoms with van der Waals surface area (Å²) in [6.07, 6.45) is 3.76. The van der Waals surface area contributed by atoms with E-state index in [9.17, 15) is 9.59 Å². The van der Waals surface area contributed by atoms with Gasteiger partial charge in [-0.2, -0.15) is 10.1 Å². The number of benzene rings is 1. The SMILES string of the molecule is CNC(=O)[C@]1(C)CC[C@@H](Nc2ncc3c(Br)nn(-c4cc(Cl)cc(C5CNC(=O)CO5)c4)c3n2)C1. The Balaban J connectivity index is 1.44. The molecule has 12 heteroatoms. The number of fused-ring (bicyclic) bond motifs is 1. The van der Waals surface area contributed by atoms with Gasteiger partial charge in [0.2, 0.25) is 17.8 Å². The topological polar surface area (TPSA) is 123 Å². The summed E-state index contributed by atoms with van der Waals surface area (Å²) in [7, 11) is 1.67. The van der Waals surface area contributed by atoms with Crippen LogP contribution in [0.3, 0.4) is 0 Å². The van der Waals surface area contributed by atoms with Crippen molar-refractivity contribution in [3.05, 3.63) is 39.6 Å². The van der Waals surface area contributed by atoms with E-state index in [4.69, 9.17) is 21.3 Å². The van der Waals surface area contributed by atoms with Crippen LogP contribution < -0.4 is 16.0 Å². The number of carbonyl (C=O) groups excluding carboxylic acids is 2. The summed E-state index contributed by atoms with van der Waals surface area (Å²) in [4.78, 5) is 33.0. The van der Waals surface area contributed by atoms with Gasteiger partial charge in [0.05, 0.1) is 11.1 Å². The molecule has 2 fully saturated rings. The van der Waals surface area contributed by atoms with Crippen LogP contribution in [0.1, 0.15) is 37.9 Å². The van der Waals surface area contributed by atoms with Gasteiger partial charge in [-0.15, -0.1) is 0 Å². The summed E-state index contributed by atoms with van der Waals surface area (Å²) in [6, 6.07) is 5.63. The number of nitrogens with one attached hydrogen (secondary N) is 3. The van der Waals surface area contributed by atoms with Crippen molar-refractivity contribution >= 4 is 56.3 Å². The smallest absolute Gasteiger partial charge is 0.246 e. The summed E-state index contributed by atoms with van der Waals surface area (Å²) < 4.78 is 7.98. The molecule has 3 aromatic rings. The minimum Gasteiger partial charge on any atom is -0.362 e. The first-order valence-corrected chi connectivity index (χ1v) is 12.5. The Morgan fingerprint density at radius 3 is 2.94 bits per heavy atom. The largest absolute Gasteiger partial charge is 0.362 e. The maximum Gasteiger partial charge on any atom is 0.246 e. The third-order valence-corrected chi connectivity index (χ3v) is 7.45. The number of aromatic nitrogens is 4. The van der Waals surface area contributed by atoms with Gasteiger partial charge in [0, 0.05) is 36.3 Å². The lowest BCUT2D eigenvalue weighted by Gasteiger charge is -2.24. The molecule has 0 radical (unpaired) electrons. The number of hydrogen-bond acceptors (Lipinski definition) is 7. The van der Waals surface area contributed by atoms with Gasteiger partial charge in [-0.1, -0.05) is 18.5 Å². The molecule has 2 amide bonds. The Hall–Kier alpha value is -2.76. The van der Waals surface area contributed by atoms with Gasteiger partial charge in [0.15, 0.2) is 5.65 Å². The normalized spacial score (nSPS) is 24.4. The second kappa shape index (κ2) is 9.36. The molecule has 1 saturated carbocycles. The Labute approximate surface area is 215 Å². The van der Waals surface area contributed by atoms with Crippen molar-refractivity contribution in [2.24, 2.45) is 5.41 Å². The molecule has 3 atom stereocenters. The van der Waals surface area contributed by atoms with Crippen molar-refractivity contribution < 1.29 is 14.3 Å². The molecule has 35 heavy (non-hydrogen) atoms. The highest BCUT2D eigenvalue weighted by Crippen LogP contribution is 2.39. The number of ether oxygens (including phenoxy) is 1. The molecule has 10 nitrogen and oxygen atoms in total. The lowest BCUT2D eigenvalue weighted by molar-refractivity contribution is -0.133. The molecule has 3 heterocycles. The fourth-order valence-electron chi connectivity index (χ4n) is 4.78. The number of morpholine rings is 1. The molecule has 0 spiro atoms. The maximum absolute atomic E-state index is 12.3. The molecular formula is C23H25BrClN7O3. The van der Waals surface area contributed by atoms with Crippen LogP contribution in [0.15, 0.2) is 29.0 Å². The zero-order valence-electron chi connectivity index (χ0n) is 19.3. The lowest BCUT2D eigenvalue weighted by atomic mass is 9.87. The van der Waals surface area contributed by atoms with E-state index >= 15 is 0 Å². The molecule has 1 aliphatic carbocycles. The van der Waals surface area contributed by atoms with E-state index in [0.29, 0.717) is 39.9 Å². The molecule has 1 unspecified atom stereocenters. The summed E-state index contributed by atoms with van der Waals surface area (Å²) in [6.45, 7) is 2.36. The molecule has 0 bridgehead atoms. The van der Waals surface area contributed by atoms with Gasteiger partial charge in [0.1, 0.15) is 17.3 Å². The quantitative estimate of drug-likeness (QED) is 0.437. The summed E-state index contributed by atoms with van der Waals surface area (Å²) in [5, 5.41) is 14.8. The highest BCUT2D eigenvalue weighted by molar-refractivity contribution is 9.10. The van der Waals surface area contributed by atoms with Crippen molar-refractivity contribution in [1.82, 2.24) is 30.4 Å². The Morgan fingerprint density at radius 2 is 2.20 bits per heavy atom. The second-order valence-electron chi connectivity index (χ2n) is 9.20. The third-order valence-electron chi connectivity index (χ3n) is 6.65. The van der Waals surface area contributed by atoms with Gasteiger partial charge < -0.3 is 20.7 Å². The van der Waals surface area contributed by atoms with E-state index in [-0.39, 0.29) is 30.6 Å². The number of halogens is 2. The molecule has 2 aromatic heterocycles. The zero-order chi connectivity index (χ0) is 24.7. The van der Waals surface area contributed by atoms with Gasteiger partial charge in [-0.05, 0) is 59.0 Å². The van der Waals surface area contributed by atoms with Gasteiger partial charge in [-0.25, -0.2) is 9.67 Å². The Bertz CT molecular complexity index is 1310. The van der Waals surface area contributed by atoms with Crippen molar-refractivity contribution in [3.63, 3.8) is 0 Å². The fraction of sp³-hybridized carbons (Fsp3) is 0.435. The lowest BCUT2D eigenvalue weighted by Crippen LogP contribution is -2.38. The van der Waals surface area contributed by atoms with E-state index in [0.717, 1.165) is 23.8 Å². The number of rotatable bonds is 5. The molecule has 1 saturated heterocycles. The first kappa shape index (κ1) is 24.0. The molecule has 1 aliphatic heterocycles. The van der Waals surface area contributed by atoms with E-state index in [1.54, 1.807) is 24.0 Å². The van der Waals surface area contributed by atoms with E-state index in [2.05, 4.69) is 42.0 Å². The highest BCUT2D eigenvalue weighted by Gasteiger charge is 2.41. The number of carbonyl (C=O) groups is 2. The monoisotopic (exact) mass is 561 g/mol. The first-order chi connectivity index (χ1) is 16.8. The molecule has 1 aromatic carbocycles. The van der Waals surface area contributed by atoms with Gasteiger partial charge in [0.25, 0.3) is 0 Å². The average Bonchev–Trinajstić information content (AvgIpc) is 3.38. The van der Waals surface area contributed by atoms with Crippen molar-refractivity contribution in [1.29, 1.82) is 0 Å². The van der Waals surface area contributed by atoms with E-state index < -0.39 is 5.41 Å². The van der Waals surface area contributed by atoms with Crippen LogP contribution in [-0.2, 0) is 14.3 Å². The first-order valence-electron chi connectivity index (χ1n) is 11.3. The minimum absolute atomic E-state index is 0.00510.